The lowest BCUT2D eigenvalue weighted by molar-refractivity contribution is -0.253. The largest absolute Gasteiger partial charge is 0.377 e. The molecule has 142 valence electrons. The van der Waals surface area contributed by atoms with Crippen molar-refractivity contribution in [3.8, 4) is 0 Å². The molecule has 5 nitrogen and oxygen atoms in total. The molecule has 25 heavy (non-hydrogen) atoms. The maximum absolute atomic E-state index is 6.74. The van der Waals surface area contributed by atoms with E-state index in [0.29, 0.717) is 0 Å². The fraction of sp³-hybridized carbons (Fsp3) is 1.00. The summed E-state index contributed by atoms with van der Waals surface area (Å²) < 4.78 is 32.1. The second kappa shape index (κ2) is 6.75. The Morgan fingerprint density at radius 3 is 1.36 bits per heavy atom. The average molecular weight is 352 g/mol. The summed E-state index contributed by atoms with van der Waals surface area (Å²) in [4.78, 5) is 0. The van der Waals surface area contributed by atoms with Gasteiger partial charge in [0.1, 0.15) is 5.60 Å². The van der Waals surface area contributed by atoms with E-state index in [1.54, 1.807) is 0 Å². The predicted molar refractivity (Wildman–Crippen MR) is 91.6 cm³/mol. The van der Waals surface area contributed by atoms with Crippen LogP contribution in [-0.4, -0.2) is 63.1 Å². The van der Waals surface area contributed by atoms with E-state index in [0.717, 1.165) is 90.8 Å². The van der Waals surface area contributed by atoms with Crippen molar-refractivity contribution in [3.63, 3.8) is 0 Å². The number of rotatable bonds is 4. The molecular formula is C20H32O5. The fourth-order valence-electron chi connectivity index (χ4n) is 6.54. The fourth-order valence-corrected chi connectivity index (χ4v) is 6.54. The van der Waals surface area contributed by atoms with E-state index in [1.807, 2.05) is 0 Å². The first-order valence-corrected chi connectivity index (χ1v) is 10.5. The van der Waals surface area contributed by atoms with Gasteiger partial charge in [-0.15, -0.1) is 0 Å². The van der Waals surface area contributed by atoms with E-state index in [-0.39, 0.29) is 29.8 Å². The molecule has 0 N–H and O–H groups in total. The van der Waals surface area contributed by atoms with Gasteiger partial charge in [-0.05, 0) is 57.8 Å². The van der Waals surface area contributed by atoms with E-state index < -0.39 is 5.60 Å². The van der Waals surface area contributed by atoms with Gasteiger partial charge in [-0.3, -0.25) is 0 Å². The van der Waals surface area contributed by atoms with Crippen LogP contribution in [0, 0.1) is 5.41 Å². The minimum atomic E-state index is -0.399. The van der Waals surface area contributed by atoms with E-state index in [9.17, 15) is 0 Å². The van der Waals surface area contributed by atoms with Crippen molar-refractivity contribution in [3.05, 3.63) is 0 Å². The van der Waals surface area contributed by atoms with Crippen molar-refractivity contribution in [1.82, 2.24) is 0 Å². The zero-order chi connectivity index (χ0) is 16.7. The molecule has 4 unspecified atom stereocenters. The third-order valence-electron chi connectivity index (χ3n) is 7.41. The molecule has 5 aliphatic rings. The quantitative estimate of drug-likeness (QED) is 0.779. The number of hydrogen-bond donors (Lipinski definition) is 0. The van der Waals surface area contributed by atoms with Crippen LogP contribution in [-0.2, 0) is 23.7 Å². The van der Waals surface area contributed by atoms with Crippen LogP contribution in [0.5, 0.6) is 0 Å². The van der Waals surface area contributed by atoms with Crippen LogP contribution in [0.1, 0.15) is 57.8 Å². The van der Waals surface area contributed by atoms with Crippen LogP contribution < -0.4 is 0 Å². The third kappa shape index (κ3) is 2.39. The summed E-state index contributed by atoms with van der Waals surface area (Å²) in [5, 5.41) is 0. The predicted octanol–water partition coefficient (Wildman–Crippen LogP) is 2.85. The summed E-state index contributed by atoms with van der Waals surface area (Å²) >= 11 is 0. The van der Waals surface area contributed by atoms with Crippen LogP contribution in [0.15, 0.2) is 0 Å². The van der Waals surface area contributed by atoms with Crippen molar-refractivity contribution < 1.29 is 23.7 Å². The molecule has 5 aliphatic heterocycles. The summed E-state index contributed by atoms with van der Waals surface area (Å²) in [7, 11) is 0. The first-order chi connectivity index (χ1) is 12.4. The zero-order valence-corrected chi connectivity index (χ0v) is 15.3. The molecule has 0 amide bonds. The van der Waals surface area contributed by atoms with Crippen molar-refractivity contribution >= 4 is 0 Å². The lowest BCUT2D eigenvalue weighted by atomic mass is 9.58. The van der Waals surface area contributed by atoms with Gasteiger partial charge < -0.3 is 23.7 Å². The molecule has 5 heterocycles. The van der Waals surface area contributed by atoms with Crippen molar-refractivity contribution in [2.75, 3.05) is 33.0 Å². The van der Waals surface area contributed by atoms with E-state index in [2.05, 4.69) is 0 Å². The molecule has 0 aromatic carbocycles. The van der Waals surface area contributed by atoms with Crippen molar-refractivity contribution in [1.29, 1.82) is 0 Å². The van der Waals surface area contributed by atoms with Crippen LogP contribution in [0.2, 0.25) is 0 Å². The van der Waals surface area contributed by atoms with Crippen LogP contribution >= 0.6 is 0 Å². The van der Waals surface area contributed by atoms with E-state index in [4.69, 9.17) is 23.7 Å². The van der Waals surface area contributed by atoms with Crippen molar-refractivity contribution in [2.45, 2.75) is 87.8 Å². The molecule has 5 rings (SSSR count). The molecule has 0 spiro atoms. The molecule has 0 radical (unpaired) electrons. The molecule has 5 saturated heterocycles. The zero-order valence-electron chi connectivity index (χ0n) is 15.3. The van der Waals surface area contributed by atoms with Crippen molar-refractivity contribution in [2.24, 2.45) is 5.41 Å². The average Bonchev–Trinajstić information content (AvgIpc) is 3.49. The van der Waals surface area contributed by atoms with Gasteiger partial charge >= 0.3 is 0 Å². The molecule has 0 aromatic rings. The topological polar surface area (TPSA) is 46.2 Å². The van der Waals surface area contributed by atoms with Gasteiger partial charge in [0, 0.05) is 33.0 Å². The molecule has 0 aromatic heterocycles. The standard InChI is InChI=1S/C20H32O5/c1-5-15(21-10-1)19(16-6-2-11-22-16)9-14-25-20(19,17-7-3-12-23-17)18-8-4-13-24-18/h15-18H,1-14H2. The Morgan fingerprint density at radius 1 is 0.520 bits per heavy atom. The highest BCUT2D eigenvalue weighted by Gasteiger charge is 2.72. The highest BCUT2D eigenvalue weighted by molar-refractivity contribution is 5.20. The molecule has 5 heteroatoms. The summed E-state index contributed by atoms with van der Waals surface area (Å²) in [5.41, 5.74) is -0.520. The Bertz CT molecular complexity index is 383. The summed E-state index contributed by atoms with van der Waals surface area (Å²) in [6.07, 6.45) is 10.6. The molecule has 0 bridgehead atoms. The second-order valence-electron chi connectivity index (χ2n) is 8.44. The van der Waals surface area contributed by atoms with E-state index in [1.165, 1.54) is 0 Å². The number of ether oxygens (including phenoxy) is 5. The van der Waals surface area contributed by atoms with Gasteiger partial charge in [-0.2, -0.15) is 0 Å². The molecule has 0 saturated carbocycles. The summed E-state index contributed by atoms with van der Waals surface area (Å²) in [6, 6.07) is 0. The van der Waals surface area contributed by atoms with Gasteiger partial charge in [-0.25, -0.2) is 0 Å². The minimum Gasteiger partial charge on any atom is -0.377 e. The Balaban J connectivity index is 1.62. The Hall–Kier alpha value is -0.200. The molecule has 4 atom stereocenters. The minimum absolute atomic E-state index is 0.117. The summed E-state index contributed by atoms with van der Waals surface area (Å²) in [6.45, 7) is 4.20. The van der Waals surface area contributed by atoms with Crippen LogP contribution in [0.3, 0.4) is 0 Å². The normalized spacial score (nSPS) is 50.9. The SMILES string of the molecule is C1COC(C2(C3CCCO3)CCOC2(C2CCCO2)C2CCCO2)C1. The molecular weight excluding hydrogens is 320 g/mol. The van der Waals surface area contributed by atoms with Gasteiger partial charge in [0.05, 0.1) is 29.8 Å². The highest BCUT2D eigenvalue weighted by atomic mass is 16.6. The maximum Gasteiger partial charge on any atom is 0.131 e. The van der Waals surface area contributed by atoms with Gasteiger partial charge in [0.25, 0.3) is 0 Å². The van der Waals surface area contributed by atoms with Crippen LogP contribution in [0.25, 0.3) is 0 Å². The van der Waals surface area contributed by atoms with Crippen LogP contribution in [0.4, 0.5) is 0 Å². The lowest BCUT2D eigenvalue weighted by Crippen LogP contribution is -2.68. The molecule has 5 fully saturated rings. The number of hydrogen-bond acceptors (Lipinski definition) is 5. The maximum atomic E-state index is 6.74. The first kappa shape index (κ1) is 16.9. The monoisotopic (exact) mass is 352 g/mol. The Kier molecular flexibility index (Phi) is 4.58. The second-order valence-corrected chi connectivity index (χ2v) is 8.44. The highest BCUT2D eigenvalue weighted by Crippen LogP contribution is 2.60. The van der Waals surface area contributed by atoms with Gasteiger partial charge in [0.15, 0.2) is 0 Å². The summed E-state index contributed by atoms with van der Waals surface area (Å²) in [5.74, 6) is 0. The van der Waals surface area contributed by atoms with Gasteiger partial charge in [-0.1, -0.05) is 0 Å². The lowest BCUT2D eigenvalue weighted by Gasteiger charge is -2.54. The molecule has 0 aliphatic carbocycles. The smallest absolute Gasteiger partial charge is 0.131 e. The Morgan fingerprint density at radius 2 is 0.960 bits per heavy atom. The Labute approximate surface area is 150 Å². The third-order valence-corrected chi connectivity index (χ3v) is 7.41. The van der Waals surface area contributed by atoms with E-state index >= 15 is 0 Å². The first-order valence-electron chi connectivity index (χ1n) is 10.5. The van der Waals surface area contributed by atoms with Gasteiger partial charge in [0.2, 0.25) is 0 Å².